The summed E-state index contributed by atoms with van der Waals surface area (Å²) in [5.41, 5.74) is 2.45. The molecule has 4 heteroatoms. The zero-order chi connectivity index (χ0) is 14.5. The van der Waals surface area contributed by atoms with E-state index in [1.807, 2.05) is 6.20 Å². The number of rotatable bonds is 6. The summed E-state index contributed by atoms with van der Waals surface area (Å²) < 4.78 is 0. The maximum atomic E-state index is 4.52. The van der Waals surface area contributed by atoms with E-state index in [1.165, 1.54) is 16.1 Å². The second kappa shape index (κ2) is 6.86. The van der Waals surface area contributed by atoms with E-state index in [2.05, 4.69) is 67.3 Å². The van der Waals surface area contributed by atoms with Crippen LogP contribution >= 0.6 is 11.3 Å². The second-order valence-corrected chi connectivity index (χ2v) is 6.63. The minimum atomic E-state index is 0.678. The molecule has 3 nitrogen and oxygen atoms in total. The van der Waals surface area contributed by atoms with Crippen LogP contribution in [0.3, 0.4) is 0 Å². The monoisotopic (exact) mass is 289 g/mol. The van der Waals surface area contributed by atoms with Crippen molar-refractivity contribution in [3.05, 3.63) is 40.9 Å². The lowest BCUT2D eigenvalue weighted by atomic mass is 10.2. The van der Waals surface area contributed by atoms with Gasteiger partial charge in [0, 0.05) is 30.4 Å². The molecule has 0 saturated heterocycles. The van der Waals surface area contributed by atoms with Gasteiger partial charge in [0.1, 0.15) is 0 Å². The van der Waals surface area contributed by atoms with Gasteiger partial charge in [-0.05, 0) is 37.1 Å². The van der Waals surface area contributed by atoms with Gasteiger partial charge < -0.3 is 10.2 Å². The highest BCUT2D eigenvalue weighted by atomic mass is 32.1. The summed E-state index contributed by atoms with van der Waals surface area (Å²) in [6.07, 6.45) is 1.97. The van der Waals surface area contributed by atoms with E-state index in [1.54, 1.807) is 11.3 Å². The average molecular weight is 289 g/mol. The van der Waals surface area contributed by atoms with Gasteiger partial charge in [0.05, 0.1) is 0 Å². The predicted octanol–water partition coefficient (Wildman–Crippen LogP) is 3.97. The van der Waals surface area contributed by atoms with E-state index in [4.69, 9.17) is 0 Å². The zero-order valence-corrected chi connectivity index (χ0v) is 13.5. The van der Waals surface area contributed by atoms with E-state index >= 15 is 0 Å². The van der Waals surface area contributed by atoms with Crippen LogP contribution in [0, 0.1) is 12.8 Å². The lowest BCUT2D eigenvalue weighted by molar-refractivity contribution is 0.554. The molecule has 0 saturated carbocycles. The van der Waals surface area contributed by atoms with Gasteiger partial charge in [-0.15, -0.1) is 11.3 Å². The largest absolute Gasteiger partial charge is 0.321 e. The van der Waals surface area contributed by atoms with Crippen LogP contribution in [0.1, 0.15) is 24.3 Å². The number of hydrogen-bond donors (Lipinski definition) is 1. The molecule has 1 aromatic carbocycles. The maximum absolute atomic E-state index is 4.52. The minimum absolute atomic E-state index is 0.678. The smallest absolute Gasteiger partial charge is 0.189 e. The van der Waals surface area contributed by atoms with Crippen LogP contribution in [0.25, 0.3) is 0 Å². The number of hydrogen-bond acceptors (Lipinski definition) is 4. The summed E-state index contributed by atoms with van der Waals surface area (Å²) in [5.74, 6) is 0.678. The van der Waals surface area contributed by atoms with Crippen LogP contribution < -0.4 is 10.2 Å². The molecule has 0 radical (unpaired) electrons. The number of benzene rings is 1. The van der Waals surface area contributed by atoms with Crippen LogP contribution in [0.15, 0.2) is 30.5 Å². The normalized spacial score (nSPS) is 11.1. The molecule has 108 valence electrons. The van der Waals surface area contributed by atoms with Crippen LogP contribution in [-0.2, 0) is 6.54 Å². The Morgan fingerprint density at radius 1 is 1.35 bits per heavy atom. The Bertz CT molecular complexity index is 548. The van der Waals surface area contributed by atoms with Crippen molar-refractivity contribution in [2.75, 3.05) is 18.5 Å². The van der Waals surface area contributed by atoms with Gasteiger partial charge >= 0.3 is 0 Å². The van der Waals surface area contributed by atoms with E-state index in [9.17, 15) is 0 Å². The third-order valence-corrected chi connectivity index (χ3v) is 4.14. The number of anilines is 2. The molecular formula is C16H23N3S. The zero-order valence-electron chi connectivity index (χ0n) is 12.7. The molecular weight excluding hydrogens is 266 g/mol. The van der Waals surface area contributed by atoms with Gasteiger partial charge in [-0.1, -0.05) is 26.0 Å². The van der Waals surface area contributed by atoms with Crippen molar-refractivity contribution >= 4 is 22.2 Å². The Labute approximate surface area is 125 Å². The molecule has 1 N–H and O–H groups in total. The molecule has 20 heavy (non-hydrogen) atoms. The van der Waals surface area contributed by atoms with Gasteiger partial charge in [-0.2, -0.15) is 0 Å². The molecule has 0 atom stereocenters. The third-order valence-electron chi connectivity index (χ3n) is 3.07. The molecule has 0 unspecified atom stereocenters. The predicted molar refractivity (Wildman–Crippen MR) is 87.9 cm³/mol. The highest BCUT2D eigenvalue weighted by molar-refractivity contribution is 7.15. The summed E-state index contributed by atoms with van der Waals surface area (Å²) in [6.45, 7) is 8.49. The maximum Gasteiger partial charge on any atom is 0.189 e. The molecule has 0 aliphatic rings. The molecule has 0 aliphatic carbocycles. The molecule has 0 spiro atoms. The fourth-order valence-corrected chi connectivity index (χ4v) is 2.83. The summed E-state index contributed by atoms with van der Waals surface area (Å²) in [7, 11) is 2.07. The summed E-state index contributed by atoms with van der Waals surface area (Å²) in [5, 5.41) is 4.49. The van der Waals surface area contributed by atoms with Crippen molar-refractivity contribution in [2.24, 2.45) is 5.92 Å². The molecule has 1 heterocycles. The SMILES string of the molecule is Cc1cccc(N(C)c2ncc(CNCC(C)C)s2)c1. The Hall–Kier alpha value is -1.39. The summed E-state index contributed by atoms with van der Waals surface area (Å²) in [4.78, 5) is 7.94. The van der Waals surface area contributed by atoms with Crippen LogP contribution in [0.4, 0.5) is 10.8 Å². The van der Waals surface area contributed by atoms with E-state index < -0.39 is 0 Å². The summed E-state index contributed by atoms with van der Waals surface area (Å²) in [6, 6.07) is 8.49. The summed E-state index contributed by atoms with van der Waals surface area (Å²) >= 11 is 1.75. The first-order valence-electron chi connectivity index (χ1n) is 7.02. The molecule has 1 aromatic heterocycles. The molecule has 0 bridgehead atoms. The average Bonchev–Trinajstić information content (AvgIpc) is 2.86. The number of thiazole rings is 1. The Kier molecular flexibility index (Phi) is 5.15. The standard InChI is InChI=1S/C16H23N3S/c1-12(2)9-17-10-15-11-18-16(20-15)19(4)14-7-5-6-13(3)8-14/h5-8,11-12,17H,9-10H2,1-4H3. The molecule has 2 aromatic rings. The first-order valence-corrected chi connectivity index (χ1v) is 7.83. The highest BCUT2D eigenvalue weighted by Gasteiger charge is 2.09. The molecule has 0 fully saturated rings. The van der Waals surface area contributed by atoms with E-state index in [0.717, 1.165) is 18.2 Å². The van der Waals surface area contributed by atoms with Crippen LogP contribution in [0.2, 0.25) is 0 Å². The van der Waals surface area contributed by atoms with Crippen molar-refractivity contribution < 1.29 is 0 Å². The van der Waals surface area contributed by atoms with E-state index in [-0.39, 0.29) is 0 Å². The van der Waals surface area contributed by atoms with Gasteiger partial charge in [-0.25, -0.2) is 4.98 Å². The topological polar surface area (TPSA) is 28.2 Å². The Balaban J connectivity index is 2.01. The Morgan fingerprint density at radius 3 is 2.85 bits per heavy atom. The van der Waals surface area contributed by atoms with Crippen molar-refractivity contribution in [3.63, 3.8) is 0 Å². The fraction of sp³-hybridized carbons (Fsp3) is 0.438. The van der Waals surface area contributed by atoms with Gasteiger partial charge in [-0.3, -0.25) is 0 Å². The molecule has 0 aliphatic heterocycles. The second-order valence-electron chi connectivity index (χ2n) is 5.53. The first-order chi connectivity index (χ1) is 9.56. The number of aromatic nitrogens is 1. The van der Waals surface area contributed by atoms with Crippen molar-refractivity contribution in [2.45, 2.75) is 27.3 Å². The van der Waals surface area contributed by atoms with Crippen molar-refractivity contribution in [1.82, 2.24) is 10.3 Å². The fourth-order valence-electron chi connectivity index (χ4n) is 1.97. The van der Waals surface area contributed by atoms with Gasteiger partial charge in [0.2, 0.25) is 0 Å². The molecule has 2 rings (SSSR count). The molecule has 0 amide bonds. The first kappa shape index (κ1) is 15.0. The van der Waals surface area contributed by atoms with Gasteiger partial charge in [0.15, 0.2) is 5.13 Å². The number of aryl methyl sites for hydroxylation is 1. The third kappa shape index (κ3) is 4.05. The highest BCUT2D eigenvalue weighted by Crippen LogP contribution is 2.28. The minimum Gasteiger partial charge on any atom is -0.321 e. The van der Waals surface area contributed by atoms with Crippen LogP contribution in [0.5, 0.6) is 0 Å². The van der Waals surface area contributed by atoms with E-state index in [0.29, 0.717) is 5.92 Å². The lowest BCUT2D eigenvalue weighted by Gasteiger charge is -2.16. The number of nitrogens with zero attached hydrogens (tertiary/aromatic N) is 2. The van der Waals surface area contributed by atoms with Crippen molar-refractivity contribution in [1.29, 1.82) is 0 Å². The number of nitrogens with one attached hydrogen (secondary N) is 1. The van der Waals surface area contributed by atoms with Gasteiger partial charge in [0.25, 0.3) is 0 Å². The van der Waals surface area contributed by atoms with Crippen molar-refractivity contribution in [3.8, 4) is 0 Å². The Morgan fingerprint density at radius 2 is 2.15 bits per heavy atom. The lowest BCUT2D eigenvalue weighted by Crippen LogP contribution is -2.18. The van der Waals surface area contributed by atoms with Crippen LogP contribution in [-0.4, -0.2) is 18.6 Å². The quantitative estimate of drug-likeness (QED) is 0.872.